The Labute approximate surface area is 125 Å². The molecule has 0 saturated carbocycles. The van der Waals surface area contributed by atoms with E-state index in [4.69, 9.17) is 0 Å². The Hall–Kier alpha value is -1.43. The molecule has 0 unspecified atom stereocenters. The summed E-state index contributed by atoms with van der Waals surface area (Å²) in [4.78, 5) is 14.4. The van der Waals surface area contributed by atoms with Crippen LogP contribution in [0.1, 0.15) is 50.1 Å². The second-order valence-corrected chi connectivity index (χ2v) is 7.33. The lowest BCUT2D eigenvalue weighted by atomic mass is 9.75. The lowest BCUT2D eigenvalue weighted by molar-refractivity contribution is 0.0603. The fourth-order valence-corrected chi connectivity index (χ4v) is 3.12. The standard InChI is InChI=1S/C15H25N5O/c1-15(2,3)11-4-6-19(7-5-11)14(21)13-10-20(18-17-13)12-8-16-9-12/h10-12,16H,4-9H2,1-3H3. The molecule has 2 saturated heterocycles. The van der Waals surface area contributed by atoms with Gasteiger partial charge in [0.05, 0.1) is 12.2 Å². The molecular formula is C15H25N5O. The Bertz CT molecular complexity index is 506. The number of nitrogens with one attached hydrogen (secondary N) is 1. The van der Waals surface area contributed by atoms with Crippen LogP contribution in [-0.2, 0) is 0 Å². The maximum absolute atomic E-state index is 12.5. The summed E-state index contributed by atoms with van der Waals surface area (Å²) in [6, 6.07) is 0.352. The normalized spacial score (nSPS) is 21.4. The topological polar surface area (TPSA) is 63.1 Å². The number of carbonyl (C=O) groups excluding carboxylic acids is 1. The van der Waals surface area contributed by atoms with E-state index in [9.17, 15) is 4.79 Å². The summed E-state index contributed by atoms with van der Waals surface area (Å²) < 4.78 is 1.81. The van der Waals surface area contributed by atoms with E-state index in [1.165, 1.54) is 0 Å². The van der Waals surface area contributed by atoms with E-state index in [2.05, 4.69) is 36.4 Å². The average molecular weight is 291 g/mol. The maximum atomic E-state index is 12.5. The van der Waals surface area contributed by atoms with Gasteiger partial charge >= 0.3 is 0 Å². The molecule has 3 rings (SSSR count). The lowest BCUT2D eigenvalue weighted by Gasteiger charge is -2.38. The zero-order valence-corrected chi connectivity index (χ0v) is 13.2. The molecule has 6 heteroatoms. The van der Waals surface area contributed by atoms with Crippen molar-refractivity contribution in [2.75, 3.05) is 26.2 Å². The third kappa shape index (κ3) is 2.95. The van der Waals surface area contributed by atoms with Crippen LogP contribution in [0.3, 0.4) is 0 Å². The zero-order chi connectivity index (χ0) is 15.0. The van der Waals surface area contributed by atoms with Crippen LogP contribution in [0.15, 0.2) is 6.20 Å². The second-order valence-electron chi connectivity index (χ2n) is 7.33. The molecule has 1 aromatic rings. The van der Waals surface area contributed by atoms with E-state index < -0.39 is 0 Å². The summed E-state index contributed by atoms with van der Waals surface area (Å²) in [7, 11) is 0. The van der Waals surface area contributed by atoms with Crippen molar-refractivity contribution < 1.29 is 4.79 Å². The number of aromatic nitrogens is 3. The molecule has 0 aliphatic carbocycles. The monoisotopic (exact) mass is 291 g/mol. The van der Waals surface area contributed by atoms with Crippen LogP contribution in [0.5, 0.6) is 0 Å². The minimum Gasteiger partial charge on any atom is -0.337 e. The van der Waals surface area contributed by atoms with Crippen LogP contribution in [0.2, 0.25) is 0 Å². The molecule has 1 aromatic heterocycles. The van der Waals surface area contributed by atoms with Crippen molar-refractivity contribution in [3.05, 3.63) is 11.9 Å². The smallest absolute Gasteiger partial charge is 0.276 e. The van der Waals surface area contributed by atoms with E-state index in [0.717, 1.165) is 39.0 Å². The summed E-state index contributed by atoms with van der Waals surface area (Å²) in [5, 5.41) is 11.3. The Balaban J connectivity index is 1.60. The molecule has 3 heterocycles. The number of hydrogen-bond donors (Lipinski definition) is 1. The van der Waals surface area contributed by atoms with Crippen LogP contribution in [0, 0.1) is 11.3 Å². The first kappa shape index (κ1) is 14.5. The molecule has 2 aliphatic rings. The molecular weight excluding hydrogens is 266 g/mol. The summed E-state index contributed by atoms with van der Waals surface area (Å²) in [6.45, 7) is 10.3. The minimum absolute atomic E-state index is 0.0286. The van der Waals surface area contributed by atoms with Gasteiger partial charge in [0.25, 0.3) is 5.91 Å². The highest BCUT2D eigenvalue weighted by molar-refractivity contribution is 5.92. The van der Waals surface area contributed by atoms with Crippen LogP contribution < -0.4 is 5.32 Å². The third-order valence-corrected chi connectivity index (χ3v) is 4.87. The molecule has 2 aliphatic heterocycles. The SMILES string of the molecule is CC(C)(C)C1CCN(C(=O)c2cn(C3CNC3)nn2)CC1. The number of hydrogen-bond acceptors (Lipinski definition) is 4. The van der Waals surface area contributed by atoms with Crippen molar-refractivity contribution >= 4 is 5.91 Å². The van der Waals surface area contributed by atoms with Gasteiger partial charge in [0, 0.05) is 26.2 Å². The molecule has 0 atom stereocenters. The first-order chi connectivity index (χ1) is 9.95. The van der Waals surface area contributed by atoms with Crippen molar-refractivity contribution in [1.29, 1.82) is 0 Å². The average Bonchev–Trinajstić information content (AvgIpc) is 2.84. The fourth-order valence-electron chi connectivity index (χ4n) is 3.12. The van der Waals surface area contributed by atoms with Crippen molar-refractivity contribution in [1.82, 2.24) is 25.2 Å². The highest BCUT2D eigenvalue weighted by atomic mass is 16.2. The van der Waals surface area contributed by atoms with Crippen molar-refractivity contribution in [2.45, 2.75) is 39.7 Å². The van der Waals surface area contributed by atoms with Gasteiger partial charge in [-0.1, -0.05) is 26.0 Å². The quantitative estimate of drug-likeness (QED) is 0.892. The van der Waals surface area contributed by atoms with Crippen LogP contribution in [0.4, 0.5) is 0 Å². The highest BCUT2D eigenvalue weighted by Gasteiger charge is 2.31. The number of amides is 1. The molecule has 116 valence electrons. The number of nitrogens with zero attached hydrogens (tertiary/aromatic N) is 4. The predicted octanol–water partition coefficient (Wildman–Crippen LogP) is 1.32. The Kier molecular flexibility index (Phi) is 3.73. The first-order valence-electron chi connectivity index (χ1n) is 7.87. The summed E-state index contributed by atoms with van der Waals surface area (Å²) in [6.07, 6.45) is 3.95. The van der Waals surface area contributed by atoms with Crippen LogP contribution in [0.25, 0.3) is 0 Å². The van der Waals surface area contributed by atoms with Crippen molar-refractivity contribution in [2.24, 2.45) is 11.3 Å². The molecule has 21 heavy (non-hydrogen) atoms. The Morgan fingerprint density at radius 1 is 1.29 bits per heavy atom. The molecule has 0 spiro atoms. The molecule has 1 amide bonds. The fraction of sp³-hybridized carbons (Fsp3) is 0.800. The minimum atomic E-state index is 0.0286. The van der Waals surface area contributed by atoms with Gasteiger partial charge in [-0.15, -0.1) is 5.10 Å². The van der Waals surface area contributed by atoms with Crippen LogP contribution >= 0.6 is 0 Å². The molecule has 1 N–H and O–H groups in total. The number of carbonyl (C=O) groups is 1. The predicted molar refractivity (Wildman–Crippen MR) is 80.0 cm³/mol. The summed E-state index contributed by atoms with van der Waals surface area (Å²) >= 11 is 0. The van der Waals surface area contributed by atoms with Gasteiger partial charge in [-0.3, -0.25) is 4.79 Å². The van der Waals surface area contributed by atoms with Gasteiger partial charge in [0.2, 0.25) is 0 Å². The number of likely N-dealkylation sites (tertiary alicyclic amines) is 1. The largest absolute Gasteiger partial charge is 0.337 e. The lowest BCUT2D eigenvalue weighted by Crippen LogP contribution is -2.43. The van der Waals surface area contributed by atoms with Gasteiger partial charge in [0.15, 0.2) is 5.69 Å². The van der Waals surface area contributed by atoms with Gasteiger partial charge in [0.1, 0.15) is 0 Å². The maximum Gasteiger partial charge on any atom is 0.276 e. The molecule has 2 fully saturated rings. The van der Waals surface area contributed by atoms with Gasteiger partial charge in [-0.25, -0.2) is 4.68 Å². The molecule has 0 radical (unpaired) electrons. The molecule has 0 bridgehead atoms. The highest BCUT2D eigenvalue weighted by Crippen LogP contribution is 2.34. The van der Waals surface area contributed by atoms with E-state index in [1.54, 1.807) is 6.20 Å². The van der Waals surface area contributed by atoms with Crippen LogP contribution in [-0.4, -0.2) is 52.0 Å². The first-order valence-corrected chi connectivity index (χ1v) is 7.87. The van der Waals surface area contributed by atoms with Gasteiger partial charge < -0.3 is 10.2 Å². The molecule has 0 aromatic carbocycles. The van der Waals surface area contributed by atoms with Gasteiger partial charge in [-0.05, 0) is 24.2 Å². The van der Waals surface area contributed by atoms with E-state index in [0.29, 0.717) is 23.1 Å². The Morgan fingerprint density at radius 3 is 2.48 bits per heavy atom. The van der Waals surface area contributed by atoms with E-state index in [1.807, 2.05) is 9.58 Å². The number of rotatable bonds is 2. The summed E-state index contributed by atoms with van der Waals surface area (Å²) in [5.41, 5.74) is 0.811. The van der Waals surface area contributed by atoms with Crippen molar-refractivity contribution in [3.63, 3.8) is 0 Å². The van der Waals surface area contributed by atoms with Crippen molar-refractivity contribution in [3.8, 4) is 0 Å². The zero-order valence-electron chi connectivity index (χ0n) is 13.2. The van der Waals surface area contributed by atoms with E-state index in [-0.39, 0.29) is 5.91 Å². The summed E-state index contributed by atoms with van der Waals surface area (Å²) in [5.74, 6) is 0.721. The number of piperidine rings is 1. The van der Waals surface area contributed by atoms with E-state index >= 15 is 0 Å². The third-order valence-electron chi connectivity index (χ3n) is 4.87. The van der Waals surface area contributed by atoms with Gasteiger partial charge in [-0.2, -0.15) is 0 Å². The Morgan fingerprint density at radius 2 is 1.95 bits per heavy atom. The second kappa shape index (κ2) is 5.40. The molecule has 6 nitrogen and oxygen atoms in total.